The lowest BCUT2D eigenvalue weighted by Gasteiger charge is -2.12. The number of benzene rings is 2. The first kappa shape index (κ1) is 18.9. The Morgan fingerprint density at radius 2 is 1.50 bits per heavy atom. The van der Waals surface area contributed by atoms with E-state index in [1.165, 1.54) is 6.07 Å². The van der Waals surface area contributed by atoms with E-state index in [0.29, 0.717) is 5.69 Å². The van der Waals surface area contributed by atoms with E-state index in [-0.39, 0.29) is 10.7 Å². The number of carbonyl (C=O) groups excluding carboxylic acids is 1. The summed E-state index contributed by atoms with van der Waals surface area (Å²) in [4.78, 5) is 12.0. The normalized spacial score (nSPS) is 11.1. The number of hydrogen-bond donors (Lipinski definition) is 2. The summed E-state index contributed by atoms with van der Waals surface area (Å²) in [6.07, 6.45) is -4.85. The van der Waals surface area contributed by atoms with Crippen LogP contribution in [0.25, 0.3) is 0 Å². The first-order chi connectivity index (χ1) is 11.1. The zero-order valence-electron chi connectivity index (χ0n) is 11.5. The van der Waals surface area contributed by atoms with E-state index in [1.54, 1.807) is 18.2 Å². The number of hydrogen-bond acceptors (Lipinski definition) is 2. The highest BCUT2D eigenvalue weighted by atomic mass is 79.9. The zero-order chi connectivity index (χ0) is 17.9. The molecule has 0 spiro atoms. The molecule has 0 radical (unpaired) electrons. The van der Waals surface area contributed by atoms with Crippen molar-refractivity contribution in [1.29, 1.82) is 0 Å². The summed E-state index contributed by atoms with van der Waals surface area (Å²) in [5.41, 5.74) is 0.524. The third-order valence-electron chi connectivity index (χ3n) is 2.48. The van der Waals surface area contributed by atoms with Crippen LogP contribution >= 0.6 is 43.5 Å². The molecule has 24 heavy (non-hydrogen) atoms. The highest BCUT2D eigenvalue weighted by Crippen LogP contribution is 2.29. The Balaban J connectivity index is 2.11. The Morgan fingerprint density at radius 1 is 0.958 bits per heavy atom. The fourth-order valence-electron chi connectivity index (χ4n) is 1.75. The van der Waals surface area contributed by atoms with Crippen LogP contribution < -0.4 is 15.4 Å². The number of halogens is 6. The lowest BCUT2D eigenvalue weighted by Crippen LogP contribution is -2.20. The van der Waals surface area contributed by atoms with E-state index in [1.807, 2.05) is 0 Å². The molecule has 2 amide bonds. The van der Waals surface area contributed by atoms with Crippen molar-refractivity contribution in [1.82, 2.24) is 0 Å². The van der Waals surface area contributed by atoms with Crippen molar-refractivity contribution in [3.63, 3.8) is 0 Å². The Hall–Kier alpha value is -1.45. The Morgan fingerprint density at radius 3 is 2.04 bits per heavy atom. The quantitative estimate of drug-likeness (QED) is 0.525. The van der Waals surface area contributed by atoms with Crippen LogP contribution in [0.1, 0.15) is 0 Å². The summed E-state index contributed by atoms with van der Waals surface area (Å²) in [5, 5.41) is 4.91. The van der Waals surface area contributed by atoms with Gasteiger partial charge >= 0.3 is 12.4 Å². The van der Waals surface area contributed by atoms with Crippen molar-refractivity contribution < 1.29 is 22.7 Å². The Labute approximate surface area is 156 Å². The van der Waals surface area contributed by atoms with Crippen molar-refractivity contribution in [2.45, 2.75) is 6.36 Å². The molecule has 0 saturated heterocycles. The van der Waals surface area contributed by atoms with Gasteiger partial charge in [0.15, 0.2) is 0 Å². The first-order valence-corrected chi connectivity index (χ1v) is 8.17. The molecule has 2 N–H and O–H groups in total. The summed E-state index contributed by atoms with van der Waals surface area (Å²) in [6.45, 7) is 0. The molecule has 0 aliphatic carbocycles. The number of anilines is 2. The molecule has 0 aliphatic heterocycles. The standard InChI is InChI=1S/C14H8Br2ClF3N2O2/c15-7-1-8(16)3-10(2-7)21-13(23)22-11-4-9(17)5-12(6-11)24-14(18,19)20/h1-6H,(H2,21,22,23). The van der Waals surface area contributed by atoms with Crippen LogP contribution in [0.3, 0.4) is 0 Å². The van der Waals surface area contributed by atoms with E-state index in [0.717, 1.165) is 21.1 Å². The molecule has 2 aromatic rings. The average Bonchev–Trinajstić information content (AvgIpc) is 2.33. The van der Waals surface area contributed by atoms with Gasteiger partial charge in [0.25, 0.3) is 0 Å². The van der Waals surface area contributed by atoms with Gasteiger partial charge < -0.3 is 15.4 Å². The van der Waals surface area contributed by atoms with E-state index < -0.39 is 18.1 Å². The van der Waals surface area contributed by atoms with E-state index in [4.69, 9.17) is 11.6 Å². The van der Waals surface area contributed by atoms with Gasteiger partial charge in [-0.25, -0.2) is 4.79 Å². The third-order valence-corrected chi connectivity index (χ3v) is 3.62. The maximum atomic E-state index is 12.3. The summed E-state index contributed by atoms with van der Waals surface area (Å²) in [6, 6.07) is 7.72. The fraction of sp³-hybridized carbons (Fsp3) is 0.0714. The van der Waals surface area contributed by atoms with Crippen LogP contribution in [0, 0.1) is 0 Å². The minimum absolute atomic E-state index is 0.0164. The number of carbonyl (C=O) groups is 1. The first-order valence-electron chi connectivity index (χ1n) is 6.21. The molecule has 2 aromatic carbocycles. The summed E-state index contributed by atoms with van der Waals surface area (Å²) < 4.78 is 42.0. The van der Waals surface area contributed by atoms with Crippen molar-refractivity contribution >= 4 is 60.9 Å². The van der Waals surface area contributed by atoms with Gasteiger partial charge in [0, 0.05) is 31.4 Å². The molecule has 0 aliphatic rings. The second-order valence-electron chi connectivity index (χ2n) is 4.46. The number of nitrogens with one attached hydrogen (secondary N) is 2. The number of ether oxygens (including phenoxy) is 1. The molecule has 10 heteroatoms. The smallest absolute Gasteiger partial charge is 0.406 e. The molecular weight excluding hydrogens is 480 g/mol. The van der Waals surface area contributed by atoms with E-state index in [2.05, 4.69) is 47.2 Å². The molecule has 0 atom stereocenters. The van der Waals surface area contributed by atoms with Gasteiger partial charge in [-0.2, -0.15) is 0 Å². The monoisotopic (exact) mass is 486 g/mol. The van der Waals surface area contributed by atoms with Gasteiger partial charge in [-0.1, -0.05) is 43.5 Å². The molecule has 4 nitrogen and oxygen atoms in total. The molecule has 0 saturated carbocycles. The number of rotatable bonds is 3. The summed E-state index contributed by atoms with van der Waals surface area (Å²) >= 11 is 12.3. The van der Waals surface area contributed by atoms with Crippen LogP contribution in [0.15, 0.2) is 45.3 Å². The average molecular weight is 488 g/mol. The second kappa shape index (κ2) is 7.62. The molecule has 0 unspecified atom stereocenters. The minimum Gasteiger partial charge on any atom is -0.406 e. The lowest BCUT2D eigenvalue weighted by molar-refractivity contribution is -0.274. The van der Waals surface area contributed by atoms with Crippen molar-refractivity contribution in [2.24, 2.45) is 0 Å². The molecule has 0 fully saturated rings. The predicted octanol–water partition coefficient (Wildman–Crippen LogP) is 6.41. The maximum Gasteiger partial charge on any atom is 0.573 e. The fourth-order valence-corrected chi connectivity index (χ4v) is 3.27. The topological polar surface area (TPSA) is 50.4 Å². The lowest BCUT2D eigenvalue weighted by atomic mass is 10.3. The van der Waals surface area contributed by atoms with Gasteiger partial charge in [-0.15, -0.1) is 13.2 Å². The SMILES string of the molecule is O=C(Nc1cc(Br)cc(Br)c1)Nc1cc(Cl)cc(OC(F)(F)F)c1. The zero-order valence-corrected chi connectivity index (χ0v) is 15.5. The summed E-state index contributed by atoms with van der Waals surface area (Å²) in [5.74, 6) is -0.532. The Kier molecular flexibility index (Phi) is 6.00. The highest BCUT2D eigenvalue weighted by Gasteiger charge is 2.31. The molecule has 0 heterocycles. The predicted molar refractivity (Wildman–Crippen MR) is 92.6 cm³/mol. The van der Waals surface area contributed by atoms with Gasteiger partial charge in [0.05, 0.1) is 0 Å². The molecule has 0 bridgehead atoms. The van der Waals surface area contributed by atoms with Crippen LogP contribution in [0.2, 0.25) is 5.02 Å². The third kappa shape index (κ3) is 6.21. The largest absolute Gasteiger partial charge is 0.573 e. The van der Waals surface area contributed by atoms with E-state index in [9.17, 15) is 18.0 Å². The summed E-state index contributed by atoms with van der Waals surface area (Å²) in [7, 11) is 0. The number of alkyl halides is 3. The molecule has 128 valence electrons. The van der Waals surface area contributed by atoms with Crippen LogP contribution in [-0.2, 0) is 0 Å². The second-order valence-corrected chi connectivity index (χ2v) is 6.73. The van der Waals surface area contributed by atoms with Crippen LogP contribution in [0.4, 0.5) is 29.3 Å². The molecule has 2 rings (SSSR count). The highest BCUT2D eigenvalue weighted by molar-refractivity contribution is 9.11. The van der Waals surface area contributed by atoms with Crippen molar-refractivity contribution in [2.75, 3.05) is 10.6 Å². The Bertz CT molecular complexity index is 752. The van der Waals surface area contributed by atoms with E-state index >= 15 is 0 Å². The van der Waals surface area contributed by atoms with Gasteiger partial charge in [0.2, 0.25) is 0 Å². The number of urea groups is 1. The van der Waals surface area contributed by atoms with Crippen LogP contribution in [0.5, 0.6) is 5.75 Å². The van der Waals surface area contributed by atoms with Gasteiger partial charge in [-0.3, -0.25) is 0 Å². The molecule has 0 aromatic heterocycles. The van der Waals surface area contributed by atoms with Crippen molar-refractivity contribution in [3.8, 4) is 5.75 Å². The van der Waals surface area contributed by atoms with Gasteiger partial charge in [0.1, 0.15) is 5.75 Å². The van der Waals surface area contributed by atoms with Crippen molar-refractivity contribution in [3.05, 3.63) is 50.4 Å². The van der Waals surface area contributed by atoms with Crippen LogP contribution in [-0.4, -0.2) is 12.4 Å². The molecular formula is C14H8Br2ClF3N2O2. The number of amides is 2. The minimum atomic E-state index is -4.85. The van der Waals surface area contributed by atoms with Gasteiger partial charge in [-0.05, 0) is 30.3 Å². The maximum absolute atomic E-state index is 12.3.